The molecule has 0 aromatic rings. The van der Waals surface area contributed by atoms with Gasteiger partial charge in [-0.1, -0.05) is 20.3 Å². The second kappa shape index (κ2) is 5.69. The molecule has 15 heavy (non-hydrogen) atoms. The predicted octanol–water partition coefficient (Wildman–Crippen LogP) is 2.40. The second-order valence-electron chi connectivity index (χ2n) is 3.79. The maximum absolute atomic E-state index is 11.0. The van der Waals surface area contributed by atoms with Crippen molar-refractivity contribution in [1.82, 2.24) is 0 Å². The summed E-state index contributed by atoms with van der Waals surface area (Å²) in [6, 6.07) is 0. The van der Waals surface area contributed by atoms with Gasteiger partial charge in [-0.05, 0) is 30.4 Å². The van der Waals surface area contributed by atoms with Crippen molar-refractivity contribution >= 4 is 12.3 Å². The van der Waals surface area contributed by atoms with Crippen LogP contribution in [0.2, 0.25) is 0 Å². The minimum atomic E-state index is -0.144. The molecule has 1 heterocycles. The zero-order chi connectivity index (χ0) is 11.3. The fourth-order valence-corrected chi connectivity index (χ4v) is 1.95. The summed E-state index contributed by atoms with van der Waals surface area (Å²) >= 11 is 0. The smallest absolute Gasteiger partial charge is 0.306 e. The molecule has 1 saturated heterocycles. The molecule has 3 nitrogen and oxygen atoms in total. The van der Waals surface area contributed by atoms with Crippen LogP contribution in [0.5, 0.6) is 0 Å². The first-order valence-corrected chi connectivity index (χ1v) is 5.59. The SMILES string of the molecule is CCCC(=C(C=O)CC)C1CCC(=O)O1. The lowest BCUT2D eigenvalue weighted by atomic mass is 9.95. The first-order chi connectivity index (χ1) is 7.22. The fraction of sp³-hybridized carbons (Fsp3) is 0.667. The molecule has 0 radical (unpaired) electrons. The summed E-state index contributed by atoms with van der Waals surface area (Å²) in [7, 11) is 0. The molecule has 1 aliphatic rings. The molecular weight excluding hydrogens is 192 g/mol. The summed E-state index contributed by atoms with van der Waals surface area (Å²) in [6.45, 7) is 4.02. The average molecular weight is 210 g/mol. The Labute approximate surface area is 90.5 Å². The molecule has 1 unspecified atom stereocenters. The molecule has 0 aliphatic carbocycles. The number of hydrogen-bond donors (Lipinski definition) is 0. The quantitative estimate of drug-likeness (QED) is 0.397. The van der Waals surface area contributed by atoms with Crippen molar-refractivity contribution in [2.75, 3.05) is 0 Å². The van der Waals surface area contributed by atoms with Gasteiger partial charge in [0.15, 0.2) is 0 Å². The van der Waals surface area contributed by atoms with E-state index in [0.717, 1.165) is 36.7 Å². The molecule has 0 N–H and O–H groups in total. The van der Waals surface area contributed by atoms with Gasteiger partial charge >= 0.3 is 5.97 Å². The van der Waals surface area contributed by atoms with Crippen LogP contribution in [0.4, 0.5) is 0 Å². The Kier molecular flexibility index (Phi) is 4.53. The fourth-order valence-electron chi connectivity index (χ4n) is 1.95. The summed E-state index contributed by atoms with van der Waals surface area (Å²) in [5.74, 6) is -0.144. The molecule has 0 amide bonds. The van der Waals surface area contributed by atoms with Crippen LogP contribution in [0.3, 0.4) is 0 Å². The molecule has 0 saturated carbocycles. The van der Waals surface area contributed by atoms with Gasteiger partial charge in [0.25, 0.3) is 0 Å². The van der Waals surface area contributed by atoms with E-state index in [9.17, 15) is 9.59 Å². The highest BCUT2D eigenvalue weighted by Gasteiger charge is 2.27. The third kappa shape index (κ3) is 2.91. The Bertz CT molecular complexity index is 279. The van der Waals surface area contributed by atoms with E-state index in [-0.39, 0.29) is 12.1 Å². The van der Waals surface area contributed by atoms with Gasteiger partial charge in [0.05, 0.1) is 0 Å². The Morgan fingerprint density at radius 2 is 2.27 bits per heavy atom. The van der Waals surface area contributed by atoms with E-state index in [2.05, 4.69) is 6.92 Å². The molecule has 1 fully saturated rings. The number of aldehydes is 1. The predicted molar refractivity (Wildman–Crippen MR) is 57.4 cm³/mol. The van der Waals surface area contributed by atoms with Crippen molar-refractivity contribution in [2.45, 2.75) is 52.1 Å². The Morgan fingerprint density at radius 3 is 2.67 bits per heavy atom. The maximum Gasteiger partial charge on any atom is 0.306 e. The largest absolute Gasteiger partial charge is 0.458 e. The first kappa shape index (κ1) is 12.0. The Hall–Kier alpha value is -1.12. The third-order valence-electron chi connectivity index (χ3n) is 2.73. The van der Waals surface area contributed by atoms with Crippen LogP contribution < -0.4 is 0 Å². The number of hydrogen-bond acceptors (Lipinski definition) is 3. The molecule has 0 aromatic heterocycles. The Balaban J connectivity index is 2.85. The maximum atomic E-state index is 11.0. The van der Waals surface area contributed by atoms with Crippen molar-refractivity contribution in [1.29, 1.82) is 0 Å². The highest BCUT2D eigenvalue weighted by atomic mass is 16.5. The topological polar surface area (TPSA) is 43.4 Å². The minimum absolute atomic E-state index is 0.141. The standard InChI is InChI=1S/C12H18O3/c1-3-5-10(9(4-2)8-13)11-6-7-12(14)15-11/h8,11H,3-7H2,1-2H3. The van der Waals surface area contributed by atoms with Crippen LogP contribution in [0.1, 0.15) is 46.0 Å². The van der Waals surface area contributed by atoms with Crippen LogP contribution in [0.15, 0.2) is 11.1 Å². The van der Waals surface area contributed by atoms with Crippen LogP contribution >= 0.6 is 0 Å². The van der Waals surface area contributed by atoms with Crippen LogP contribution in [0.25, 0.3) is 0 Å². The van der Waals surface area contributed by atoms with Gasteiger partial charge in [0, 0.05) is 6.42 Å². The number of rotatable bonds is 5. The normalized spacial score (nSPS) is 22.3. The number of esters is 1. The lowest BCUT2D eigenvalue weighted by Gasteiger charge is -2.15. The molecule has 0 bridgehead atoms. The monoisotopic (exact) mass is 210 g/mol. The van der Waals surface area contributed by atoms with Gasteiger partial charge < -0.3 is 4.74 Å². The number of cyclic esters (lactones) is 1. The molecule has 1 atom stereocenters. The number of ether oxygens (including phenoxy) is 1. The summed E-state index contributed by atoms with van der Waals surface area (Å²) in [5, 5.41) is 0. The van der Waals surface area contributed by atoms with Gasteiger partial charge in [-0.15, -0.1) is 0 Å². The zero-order valence-corrected chi connectivity index (χ0v) is 9.41. The van der Waals surface area contributed by atoms with Crippen molar-refractivity contribution < 1.29 is 14.3 Å². The number of allylic oxidation sites excluding steroid dienone is 1. The lowest BCUT2D eigenvalue weighted by molar-refractivity contribution is -0.140. The van der Waals surface area contributed by atoms with E-state index in [1.807, 2.05) is 6.92 Å². The van der Waals surface area contributed by atoms with Crippen molar-refractivity contribution in [3.05, 3.63) is 11.1 Å². The molecule has 3 heteroatoms. The molecular formula is C12H18O3. The summed E-state index contributed by atoms with van der Waals surface area (Å²) in [5.41, 5.74) is 1.83. The number of carbonyl (C=O) groups excluding carboxylic acids is 2. The summed E-state index contributed by atoms with van der Waals surface area (Å²) in [6.07, 6.45) is 4.50. The van der Waals surface area contributed by atoms with Crippen molar-refractivity contribution in [3.63, 3.8) is 0 Å². The first-order valence-electron chi connectivity index (χ1n) is 5.59. The Morgan fingerprint density at radius 1 is 1.53 bits per heavy atom. The van der Waals surface area contributed by atoms with Crippen molar-refractivity contribution in [3.8, 4) is 0 Å². The van der Waals surface area contributed by atoms with E-state index < -0.39 is 0 Å². The van der Waals surface area contributed by atoms with Crippen LogP contribution in [-0.4, -0.2) is 18.4 Å². The minimum Gasteiger partial charge on any atom is -0.458 e. The molecule has 1 aliphatic heterocycles. The molecule has 84 valence electrons. The van der Waals surface area contributed by atoms with Gasteiger partial charge in [-0.3, -0.25) is 9.59 Å². The highest BCUT2D eigenvalue weighted by molar-refractivity contribution is 5.76. The molecule has 0 spiro atoms. The van der Waals surface area contributed by atoms with E-state index in [1.165, 1.54) is 0 Å². The third-order valence-corrected chi connectivity index (χ3v) is 2.73. The van der Waals surface area contributed by atoms with E-state index in [4.69, 9.17) is 4.74 Å². The zero-order valence-electron chi connectivity index (χ0n) is 9.41. The lowest BCUT2D eigenvalue weighted by Crippen LogP contribution is -2.13. The van der Waals surface area contributed by atoms with Gasteiger partial charge in [-0.2, -0.15) is 0 Å². The van der Waals surface area contributed by atoms with E-state index in [1.54, 1.807) is 0 Å². The van der Waals surface area contributed by atoms with Crippen LogP contribution in [-0.2, 0) is 14.3 Å². The summed E-state index contributed by atoms with van der Waals surface area (Å²) < 4.78 is 5.20. The number of carbonyl (C=O) groups is 2. The van der Waals surface area contributed by atoms with Gasteiger partial charge in [0.1, 0.15) is 12.4 Å². The summed E-state index contributed by atoms with van der Waals surface area (Å²) in [4.78, 5) is 21.9. The van der Waals surface area contributed by atoms with E-state index >= 15 is 0 Å². The van der Waals surface area contributed by atoms with Gasteiger partial charge in [-0.25, -0.2) is 0 Å². The van der Waals surface area contributed by atoms with E-state index in [0.29, 0.717) is 12.8 Å². The molecule has 1 rings (SSSR count). The highest BCUT2D eigenvalue weighted by Crippen LogP contribution is 2.27. The van der Waals surface area contributed by atoms with Crippen LogP contribution in [0, 0.1) is 0 Å². The average Bonchev–Trinajstić information content (AvgIpc) is 2.65. The van der Waals surface area contributed by atoms with Crippen molar-refractivity contribution in [2.24, 2.45) is 0 Å². The second-order valence-corrected chi connectivity index (χ2v) is 3.79. The molecule has 0 aromatic carbocycles. The van der Waals surface area contributed by atoms with Gasteiger partial charge in [0.2, 0.25) is 0 Å².